The minimum atomic E-state index is 0.497. The molecule has 142 valence electrons. The van der Waals surface area contributed by atoms with Crippen molar-refractivity contribution in [1.82, 2.24) is 29.6 Å². The lowest BCUT2D eigenvalue weighted by Gasteiger charge is -2.14. The van der Waals surface area contributed by atoms with Crippen LogP contribution in [0.3, 0.4) is 0 Å². The van der Waals surface area contributed by atoms with E-state index in [2.05, 4.69) is 26.0 Å². The molecule has 1 saturated heterocycles. The number of H-pyrrole nitrogens is 1. The van der Waals surface area contributed by atoms with Crippen molar-refractivity contribution in [2.45, 2.75) is 25.8 Å². The van der Waals surface area contributed by atoms with Crippen molar-refractivity contribution in [3.8, 4) is 5.69 Å². The number of rotatable bonds is 3. The first kappa shape index (κ1) is 16.1. The molecule has 0 amide bonds. The first-order valence-electron chi connectivity index (χ1n) is 10.0. The molecule has 0 radical (unpaired) electrons. The summed E-state index contributed by atoms with van der Waals surface area (Å²) >= 11 is 0. The number of fused-ring (bicyclic) bond motifs is 4. The highest BCUT2D eigenvalue weighted by molar-refractivity contribution is 6.06. The minimum absolute atomic E-state index is 0.497. The van der Waals surface area contributed by atoms with Gasteiger partial charge in [0.25, 0.3) is 0 Å². The maximum Gasteiger partial charge on any atom is 0.150 e. The summed E-state index contributed by atoms with van der Waals surface area (Å²) in [5.74, 6) is 3.25. The Morgan fingerprint density at radius 3 is 2.79 bits per heavy atom. The van der Waals surface area contributed by atoms with E-state index in [9.17, 15) is 0 Å². The van der Waals surface area contributed by atoms with Crippen LogP contribution in [0.4, 0.5) is 5.82 Å². The quantitative estimate of drug-likeness (QED) is 0.576. The molecule has 1 saturated carbocycles. The van der Waals surface area contributed by atoms with Crippen LogP contribution in [0.15, 0.2) is 36.7 Å². The molecule has 2 aliphatic rings. The summed E-state index contributed by atoms with van der Waals surface area (Å²) in [5.41, 5.74) is 9.82. The summed E-state index contributed by atoms with van der Waals surface area (Å²) in [6.07, 6.45) is 7.87. The van der Waals surface area contributed by atoms with Crippen molar-refractivity contribution in [1.29, 1.82) is 0 Å². The topological polar surface area (TPSA) is 88.7 Å². The molecule has 1 aliphatic heterocycles. The van der Waals surface area contributed by atoms with Gasteiger partial charge >= 0.3 is 0 Å². The number of pyridine rings is 1. The van der Waals surface area contributed by atoms with Crippen molar-refractivity contribution in [3.63, 3.8) is 0 Å². The molecule has 2 atom stereocenters. The van der Waals surface area contributed by atoms with Crippen LogP contribution >= 0.6 is 0 Å². The molecule has 3 N–H and O–H groups in total. The summed E-state index contributed by atoms with van der Waals surface area (Å²) in [5, 5.41) is 5.31. The summed E-state index contributed by atoms with van der Waals surface area (Å²) < 4.78 is 1.82. The van der Waals surface area contributed by atoms with Gasteiger partial charge in [-0.15, -0.1) is 0 Å². The lowest BCUT2D eigenvalue weighted by Crippen LogP contribution is -2.21. The second-order valence-corrected chi connectivity index (χ2v) is 8.20. The van der Waals surface area contributed by atoms with Crippen molar-refractivity contribution >= 4 is 27.8 Å². The molecule has 3 aromatic heterocycles. The predicted octanol–water partition coefficient (Wildman–Crippen LogP) is 3.11. The van der Waals surface area contributed by atoms with Gasteiger partial charge in [0.2, 0.25) is 0 Å². The molecule has 2 fully saturated rings. The Labute approximate surface area is 162 Å². The number of nitrogens with two attached hydrogens (primary N) is 1. The Bertz CT molecular complexity index is 1150. The third-order valence-electron chi connectivity index (χ3n) is 6.43. The molecule has 1 aromatic carbocycles. The molecule has 4 aromatic rings. The summed E-state index contributed by atoms with van der Waals surface area (Å²) in [4.78, 5) is 15.5. The molecule has 0 spiro atoms. The van der Waals surface area contributed by atoms with Crippen LogP contribution in [0, 0.1) is 11.8 Å². The van der Waals surface area contributed by atoms with Gasteiger partial charge in [0.15, 0.2) is 0 Å². The number of hydrogen-bond acceptors (Lipinski definition) is 5. The Morgan fingerprint density at radius 1 is 1.14 bits per heavy atom. The Balaban J connectivity index is 1.37. The zero-order valence-corrected chi connectivity index (χ0v) is 15.7. The summed E-state index contributed by atoms with van der Waals surface area (Å²) in [6.45, 7) is 3.25. The molecular formula is C21H23N7. The molecule has 28 heavy (non-hydrogen) atoms. The fourth-order valence-corrected chi connectivity index (χ4v) is 5.11. The molecule has 0 bridgehead atoms. The van der Waals surface area contributed by atoms with Crippen molar-refractivity contribution in [3.05, 3.63) is 42.5 Å². The maximum absolute atomic E-state index is 6.27. The first-order valence-corrected chi connectivity index (χ1v) is 10.0. The van der Waals surface area contributed by atoms with Crippen molar-refractivity contribution in [2.24, 2.45) is 11.8 Å². The average Bonchev–Trinajstić information content (AvgIpc) is 3.45. The van der Waals surface area contributed by atoms with Crippen LogP contribution < -0.4 is 5.73 Å². The normalized spacial score (nSPS) is 22.4. The van der Waals surface area contributed by atoms with E-state index in [4.69, 9.17) is 10.7 Å². The highest BCUT2D eigenvalue weighted by atomic mass is 15.3. The standard InChI is InChI=1S/C21H23N7/c22-21-20-19(16-6-5-15(9-17(16)24-21)28-8-2-7-23-28)25-18(26-20)12-27-10-13-3-1-4-14(13)11-27/h2,5-9,13-14H,1,3-4,10-12H2,(H2,22,24)(H,25,26). The Kier molecular flexibility index (Phi) is 3.46. The second kappa shape index (κ2) is 6.04. The lowest BCUT2D eigenvalue weighted by atomic mass is 10.0. The third-order valence-corrected chi connectivity index (χ3v) is 6.43. The highest BCUT2D eigenvalue weighted by Gasteiger charge is 2.36. The average molecular weight is 373 g/mol. The van der Waals surface area contributed by atoms with Crippen molar-refractivity contribution in [2.75, 3.05) is 18.8 Å². The van der Waals surface area contributed by atoms with E-state index in [1.54, 1.807) is 6.20 Å². The van der Waals surface area contributed by atoms with E-state index in [0.29, 0.717) is 5.82 Å². The van der Waals surface area contributed by atoms with Crippen LogP contribution in [-0.4, -0.2) is 42.7 Å². The molecule has 7 nitrogen and oxygen atoms in total. The van der Waals surface area contributed by atoms with E-state index < -0.39 is 0 Å². The number of nitrogens with one attached hydrogen (secondary N) is 1. The van der Waals surface area contributed by atoms with Gasteiger partial charge < -0.3 is 10.7 Å². The predicted molar refractivity (Wildman–Crippen MR) is 109 cm³/mol. The van der Waals surface area contributed by atoms with Gasteiger partial charge in [0.1, 0.15) is 22.7 Å². The van der Waals surface area contributed by atoms with Crippen LogP contribution in [0.25, 0.3) is 27.6 Å². The van der Waals surface area contributed by atoms with Crippen molar-refractivity contribution < 1.29 is 0 Å². The molecule has 7 heteroatoms. The minimum Gasteiger partial charge on any atom is -0.382 e. The number of nitrogen functional groups attached to an aromatic ring is 1. The largest absolute Gasteiger partial charge is 0.382 e. The molecule has 2 unspecified atom stereocenters. The van der Waals surface area contributed by atoms with E-state index in [-0.39, 0.29) is 0 Å². The fourth-order valence-electron chi connectivity index (χ4n) is 5.11. The second-order valence-electron chi connectivity index (χ2n) is 8.20. The van der Waals surface area contributed by atoms with Crippen LogP contribution in [0.2, 0.25) is 0 Å². The number of benzene rings is 1. The molecular weight excluding hydrogens is 350 g/mol. The number of aromatic nitrogens is 5. The van der Waals surface area contributed by atoms with Gasteiger partial charge in [-0.05, 0) is 48.9 Å². The van der Waals surface area contributed by atoms with Gasteiger partial charge in [-0.3, -0.25) is 4.90 Å². The number of imidazole rings is 1. The van der Waals surface area contributed by atoms with Gasteiger partial charge in [-0.1, -0.05) is 6.42 Å². The lowest BCUT2D eigenvalue weighted by molar-refractivity contribution is 0.297. The molecule has 6 rings (SSSR count). The summed E-state index contributed by atoms with van der Waals surface area (Å²) in [7, 11) is 0. The van der Waals surface area contributed by atoms with Crippen LogP contribution in [0.1, 0.15) is 25.1 Å². The highest BCUT2D eigenvalue weighted by Crippen LogP contribution is 2.38. The number of aromatic amines is 1. The van der Waals surface area contributed by atoms with E-state index in [1.165, 1.54) is 32.4 Å². The monoisotopic (exact) mass is 373 g/mol. The smallest absolute Gasteiger partial charge is 0.150 e. The SMILES string of the molecule is Nc1nc2cc(-n3cccn3)ccc2c2nc(CN3CC4CCCC4C3)[nH]c12. The zero-order chi connectivity index (χ0) is 18.7. The van der Waals surface area contributed by atoms with Gasteiger partial charge in [0.05, 0.1) is 17.7 Å². The fraction of sp³-hybridized carbons (Fsp3) is 0.381. The number of likely N-dealkylation sites (tertiary alicyclic amines) is 1. The number of hydrogen-bond donors (Lipinski definition) is 2. The van der Waals surface area contributed by atoms with Gasteiger partial charge in [-0.2, -0.15) is 5.10 Å². The summed E-state index contributed by atoms with van der Waals surface area (Å²) in [6, 6.07) is 8.02. The van der Waals surface area contributed by atoms with Gasteiger partial charge in [0, 0.05) is 30.9 Å². The molecule has 4 heterocycles. The first-order chi connectivity index (χ1) is 13.7. The zero-order valence-electron chi connectivity index (χ0n) is 15.7. The van der Waals surface area contributed by atoms with Crippen LogP contribution in [-0.2, 0) is 6.54 Å². The van der Waals surface area contributed by atoms with Crippen LogP contribution in [0.5, 0.6) is 0 Å². The number of nitrogens with zero attached hydrogens (tertiary/aromatic N) is 5. The molecule has 1 aliphatic carbocycles. The number of anilines is 1. The Morgan fingerprint density at radius 2 is 2.00 bits per heavy atom. The Hall–Kier alpha value is -2.93. The van der Waals surface area contributed by atoms with E-state index >= 15 is 0 Å². The van der Waals surface area contributed by atoms with E-state index in [1.807, 2.05) is 29.1 Å². The van der Waals surface area contributed by atoms with E-state index in [0.717, 1.165) is 51.8 Å². The third kappa shape index (κ3) is 2.50. The maximum atomic E-state index is 6.27. The van der Waals surface area contributed by atoms with Gasteiger partial charge in [-0.25, -0.2) is 14.6 Å².